The molecule has 86 valence electrons. The lowest BCUT2D eigenvalue weighted by Crippen LogP contribution is -2.39. The maximum atomic E-state index is 5.16. The van der Waals surface area contributed by atoms with Crippen molar-refractivity contribution in [1.29, 1.82) is 0 Å². The van der Waals surface area contributed by atoms with Gasteiger partial charge in [0.15, 0.2) is 5.11 Å². The molecule has 0 saturated heterocycles. The molecule has 1 aliphatic carbocycles. The van der Waals surface area contributed by atoms with Crippen molar-refractivity contribution in [2.24, 2.45) is 0 Å². The second kappa shape index (κ2) is 6.83. The first-order valence-electron chi connectivity index (χ1n) is 5.91. The van der Waals surface area contributed by atoms with Crippen molar-refractivity contribution in [2.75, 3.05) is 6.54 Å². The molecule has 0 bridgehead atoms. The van der Waals surface area contributed by atoms with Crippen LogP contribution < -0.4 is 10.6 Å². The van der Waals surface area contributed by atoms with E-state index in [-0.39, 0.29) is 0 Å². The second-order valence-electron chi connectivity index (χ2n) is 4.41. The smallest absolute Gasteiger partial charge is 0.166 e. The van der Waals surface area contributed by atoms with E-state index in [1.54, 1.807) is 5.57 Å². The van der Waals surface area contributed by atoms with Gasteiger partial charge in [-0.05, 0) is 58.2 Å². The van der Waals surface area contributed by atoms with Crippen LogP contribution in [0.5, 0.6) is 0 Å². The van der Waals surface area contributed by atoms with Crippen molar-refractivity contribution < 1.29 is 0 Å². The van der Waals surface area contributed by atoms with E-state index >= 15 is 0 Å². The number of hydrogen-bond acceptors (Lipinski definition) is 1. The summed E-state index contributed by atoms with van der Waals surface area (Å²) in [6.45, 7) is 5.15. The van der Waals surface area contributed by atoms with Gasteiger partial charge in [0.05, 0.1) is 0 Å². The first-order valence-corrected chi connectivity index (χ1v) is 6.31. The Morgan fingerprint density at radius 2 is 2.27 bits per heavy atom. The molecule has 0 spiro atoms. The fraction of sp³-hybridized carbons (Fsp3) is 0.750. The lowest BCUT2D eigenvalue weighted by atomic mass is 9.97. The van der Waals surface area contributed by atoms with E-state index in [1.165, 1.54) is 25.7 Å². The van der Waals surface area contributed by atoms with Crippen molar-refractivity contribution in [3.63, 3.8) is 0 Å². The molecule has 0 heterocycles. The van der Waals surface area contributed by atoms with Crippen LogP contribution in [0.15, 0.2) is 11.6 Å². The first kappa shape index (κ1) is 12.5. The average molecular weight is 226 g/mol. The van der Waals surface area contributed by atoms with E-state index in [9.17, 15) is 0 Å². The fourth-order valence-electron chi connectivity index (χ4n) is 1.78. The Labute approximate surface area is 98.5 Å². The molecule has 0 fully saturated rings. The fourth-order valence-corrected chi connectivity index (χ4v) is 2.12. The molecule has 0 aromatic carbocycles. The van der Waals surface area contributed by atoms with Gasteiger partial charge in [0, 0.05) is 12.6 Å². The van der Waals surface area contributed by atoms with Gasteiger partial charge in [-0.1, -0.05) is 11.6 Å². The molecular formula is C12H22N2S. The normalized spacial score (nSPS) is 16.1. The Morgan fingerprint density at radius 1 is 1.47 bits per heavy atom. The SMILES string of the molecule is CC(C)NC(=S)NCCC1=CCCCC1. The molecule has 0 aromatic heterocycles. The van der Waals surface area contributed by atoms with Gasteiger partial charge in [-0.15, -0.1) is 0 Å². The first-order chi connectivity index (χ1) is 7.18. The van der Waals surface area contributed by atoms with Gasteiger partial charge in [0.2, 0.25) is 0 Å². The van der Waals surface area contributed by atoms with Crippen LogP contribution in [0.3, 0.4) is 0 Å². The van der Waals surface area contributed by atoms with Crippen LogP contribution in [0.4, 0.5) is 0 Å². The summed E-state index contributed by atoms with van der Waals surface area (Å²) < 4.78 is 0. The van der Waals surface area contributed by atoms with Gasteiger partial charge < -0.3 is 10.6 Å². The maximum Gasteiger partial charge on any atom is 0.166 e. The van der Waals surface area contributed by atoms with Crippen LogP contribution in [0.2, 0.25) is 0 Å². The minimum atomic E-state index is 0.416. The highest BCUT2D eigenvalue weighted by Gasteiger charge is 2.03. The molecule has 2 N–H and O–H groups in total. The van der Waals surface area contributed by atoms with E-state index in [2.05, 4.69) is 30.6 Å². The predicted molar refractivity (Wildman–Crippen MR) is 70.0 cm³/mol. The molecule has 2 nitrogen and oxygen atoms in total. The summed E-state index contributed by atoms with van der Waals surface area (Å²) in [6.07, 6.45) is 8.81. The predicted octanol–water partition coefficient (Wildman–Crippen LogP) is 2.75. The third-order valence-corrected chi connectivity index (χ3v) is 2.80. The van der Waals surface area contributed by atoms with Gasteiger partial charge in [-0.25, -0.2) is 0 Å². The van der Waals surface area contributed by atoms with E-state index in [0.29, 0.717) is 6.04 Å². The molecule has 3 heteroatoms. The molecule has 0 radical (unpaired) electrons. The Bertz CT molecular complexity index is 234. The average Bonchev–Trinajstić information content (AvgIpc) is 2.18. The molecule has 1 aliphatic rings. The Morgan fingerprint density at radius 3 is 2.87 bits per heavy atom. The van der Waals surface area contributed by atoms with Crippen molar-refractivity contribution in [3.8, 4) is 0 Å². The Kier molecular flexibility index (Phi) is 5.69. The van der Waals surface area contributed by atoms with E-state index < -0.39 is 0 Å². The van der Waals surface area contributed by atoms with Crippen LogP contribution in [-0.4, -0.2) is 17.7 Å². The number of rotatable bonds is 4. The quantitative estimate of drug-likeness (QED) is 0.569. The van der Waals surface area contributed by atoms with Crippen LogP contribution in [0.1, 0.15) is 46.0 Å². The zero-order valence-corrected chi connectivity index (χ0v) is 10.6. The summed E-state index contributed by atoms with van der Waals surface area (Å²) in [4.78, 5) is 0. The molecule has 0 amide bonds. The van der Waals surface area contributed by atoms with E-state index in [4.69, 9.17) is 12.2 Å². The lowest BCUT2D eigenvalue weighted by Gasteiger charge is -2.15. The standard InChI is InChI=1S/C12H22N2S/c1-10(2)14-12(15)13-9-8-11-6-4-3-5-7-11/h6,10H,3-5,7-9H2,1-2H3,(H2,13,14,15). The van der Waals surface area contributed by atoms with Crippen LogP contribution in [0.25, 0.3) is 0 Å². The third-order valence-electron chi connectivity index (χ3n) is 2.54. The minimum absolute atomic E-state index is 0.416. The van der Waals surface area contributed by atoms with Gasteiger partial charge >= 0.3 is 0 Å². The highest BCUT2D eigenvalue weighted by Crippen LogP contribution is 2.19. The molecular weight excluding hydrogens is 204 g/mol. The molecule has 1 rings (SSSR count). The summed E-state index contributed by atoms with van der Waals surface area (Å²) in [6, 6.07) is 0.416. The molecule has 0 atom stereocenters. The van der Waals surface area contributed by atoms with Crippen molar-refractivity contribution >= 4 is 17.3 Å². The zero-order chi connectivity index (χ0) is 11.1. The second-order valence-corrected chi connectivity index (χ2v) is 4.82. The van der Waals surface area contributed by atoms with E-state index in [1.807, 2.05) is 0 Å². The monoisotopic (exact) mass is 226 g/mol. The number of nitrogens with one attached hydrogen (secondary N) is 2. The Hall–Kier alpha value is -0.570. The molecule has 0 aliphatic heterocycles. The van der Waals surface area contributed by atoms with Crippen molar-refractivity contribution in [3.05, 3.63) is 11.6 Å². The van der Waals surface area contributed by atoms with Gasteiger partial charge in [-0.2, -0.15) is 0 Å². The van der Waals surface area contributed by atoms with Crippen molar-refractivity contribution in [2.45, 2.75) is 52.0 Å². The van der Waals surface area contributed by atoms with Crippen LogP contribution in [0, 0.1) is 0 Å². The molecule has 0 unspecified atom stereocenters. The molecule has 15 heavy (non-hydrogen) atoms. The van der Waals surface area contributed by atoms with Gasteiger partial charge in [-0.3, -0.25) is 0 Å². The summed E-state index contributed by atoms with van der Waals surface area (Å²) in [5, 5.41) is 7.20. The van der Waals surface area contributed by atoms with Crippen LogP contribution in [-0.2, 0) is 0 Å². The summed E-state index contributed by atoms with van der Waals surface area (Å²) in [7, 11) is 0. The summed E-state index contributed by atoms with van der Waals surface area (Å²) in [5.74, 6) is 0. The minimum Gasteiger partial charge on any atom is -0.362 e. The topological polar surface area (TPSA) is 24.1 Å². The van der Waals surface area contributed by atoms with Gasteiger partial charge in [0.1, 0.15) is 0 Å². The van der Waals surface area contributed by atoms with Crippen molar-refractivity contribution in [1.82, 2.24) is 10.6 Å². The molecule has 0 saturated carbocycles. The Balaban J connectivity index is 2.10. The summed E-state index contributed by atoms with van der Waals surface area (Å²) in [5.41, 5.74) is 1.60. The van der Waals surface area contributed by atoms with Gasteiger partial charge in [0.25, 0.3) is 0 Å². The highest BCUT2D eigenvalue weighted by atomic mass is 32.1. The lowest BCUT2D eigenvalue weighted by molar-refractivity contribution is 0.662. The largest absolute Gasteiger partial charge is 0.362 e. The number of allylic oxidation sites excluding steroid dienone is 1. The highest BCUT2D eigenvalue weighted by molar-refractivity contribution is 7.80. The zero-order valence-electron chi connectivity index (χ0n) is 9.81. The number of thiocarbonyl (C=S) groups is 1. The van der Waals surface area contributed by atoms with Crippen LogP contribution >= 0.6 is 12.2 Å². The number of hydrogen-bond donors (Lipinski definition) is 2. The summed E-state index contributed by atoms with van der Waals surface area (Å²) >= 11 is 5.16. The van der Waals surface area contributed by atoms with E-state index in [0.717, 1.165) is 18.1 Å². The molecule has 0 aromatic rings. The third kappa shape index (κ3) is 5.78. The maximum absolute atomic E-state index is 5.16.